The van der Waals surface area contributed by atoms with Gasteiger partial charge in [-0.05, 0) is 61.8 Å². The van der Waals surface area contributed by atoms with Gasteiger partial charge in [0.05, 0.1) is 5.02 Å². The van der Waals surface area contributed by atoms with Gasteiger partial charge in [0, 0.05) is 5.56 Å². The fourth-order valence-electron chi connectivity index (χ4n) is 3.24. The molecule has 0 amide bonds. The SMILES string of the molecule is CCCCCC1CCC(C=CC#Cc2ccc(Cl)c(F)c2)CC1. The lowest BCUT2D eigenvalue weighted by Gasteiger charge is -2.26. The van der Waals surface area contributed by atoms with E-state index in [4.69, 9.17) is 11.6 Å². The van der Waals surface area contributed by atoms with Crippen LogP contribution in [0.4, 0.5) is 4.39 Å². The summed E-state index contributed by atoms with van der Waals surface area (Å²) in [7, 11) is 0. The van der Waals surface area contributed by atoms with Crippen LogP contribution in [0.3, 0.4) is 0 Å². The van der Waals surface area contributed by atoms with Gasteiger partial charge in [-0.25, -0.2) is 4.39 Å². The molecule has 1 aromatic rings. The summed E-state index contributed by atoms with van der Waals surface area (Å²) in [4.78, 5) is 0. The molecule has 0 unspecified atom stereocenters. The van der Waals surface area contributed by atoms with Crippen LogP contribution in [0.15, 0.2) is 30.4 Å². The van der Waals surface area contributed by atoms with Crippen molar-refractivity contribution >= 4 is 11.6 Å². The van der Waals surface area contributed by atoms with E-state index in [0.717, 1.165) is 5.92 Å². The summed E-state index contributed by atoms with van der Waals surface area (Å²) in [5, 5.41) is 0.141. The molecule has 0 heterocycles. The van der Waals surface area contributed by atoms with Gasteiger partial charge in [-0.1, -0.05) is 62.1 Å². The van der Waals surface area contributed by atoms with Crippen molar-refractivity contribution in [2.24, 2.45) is 11.8 Å². The molecule has 1 saturated carbocycles. The normalized spacial score (nSPS) is 21.2. The smallest absolute Gasteiger partial charge is 0.143 e. The van der Waals surface area contributed by atoms with Crippen molar-refractivity contribution in [1.82, 2.24) is 0 Å². The van der Waals surface area contributed by atoms with Crippen LogP contribution in [-0.2, 0) is 0 Å². The van der Waals surface area contributed by atoms with Gasteiger partial charge in [0.25, 0.3) is 0 Å². The van der Waals surface area contributed by atoms with E-state index in [-0.39, 0.29) is 5.02 Å². The zero-order chi connectivity index (χ0) is 16.5. The van der Waals surface area contributed by atoms with E-state index in [1.807, 2.05) is 6.08 Å². The van der Waals surface area contributed by atoms with E-state index in [1.54, 1.807) is 12.1 Å². The van der Waals surface area contributed by atoms with Crippen LogP contribution in [-0.4, -0.2) is 0 Å². The molecule has 2 heteroatoms. The molecule has 0 aromatic heterocycles. The van der Waals surface area contributed by atoms with E-state index in [2.05, 4.69) is 24.8 Å². The van der Waals surface area contributed by atoms with Crippen LogP contribution >= 0.6 is 11.6 Å². The van der Waals surface area contributed by atoms with Crippen molar-refractivity contribution < 1.29 is 4.39 Å². The summed E-state index contributed by atoms with van der Waals surface area (Å²) in [5.41, 5.74) is 0.663. The van der Waals surface area contributed by atoms with Crippen LogP contribution < -0.4 is 0 Å². The summed E-state index contributed by atoms with van der Waals surface area (Å²) in [6.07, 6.45) is 14.9. The third-order valence-corrected chi connectivity index (χ3v) is 5.00. The quantitative estimate of drug-likeness (QED) is 0.412. The lowest BCUT2D eigenvalue weighted by atomic mass is 9.79. The second kappa shape index (κ2) is 9.78. The van der Waals surface area contributed by atoms with Crippen LogP contribution in [0.25, 0.3) is 0 Å². The van der Waals surface area contributed by atoms with Crippen molar-refractivity contribution in [1.29, 1.82) is 0 Å². The highest BCUT2D eigenvalue weighted by atomic mass is 35.5. The van der Waals surface area contributed by atoms with Crippen LogP contribution in [0.5, 0.6) is 0 Å². The molecule has 0 atom stereocenters. The Kier molecular flexibility index (Phi) is 7.69. The zero-order valence-corrected chi connectivity index (χ0v) is 14.7. The number of rotatable bonds is 5. The Balaban J connectivity index is 1.75. The second-order valence-electron chi connectivity index (χ2n) is 6.53. The van der Waals surface area contributed by atoms with Gasteiger partial charge in [0.15, 0.2) is 0 Å². The van der Waals surface area contributed by atoms with E-state index >= 15 is 0 Å². The number of hydrogen-bond acceptors (Lipinski definition) is 0. The van der Waals surface area contributed by atoms with Gasteiger partial charge in [-0.2, -0.15) is 0 Å². The predicted molar refractivity (Wildman–Crippen MR) is 97.0 cm³/mol. The average Bonchev–Trinajstić information content (AvgIpc) is 2.56. The molecule has 23 heavy (non-hydrogen) atoms. The predicted octanol–water partition coefficient (Wildman–Crippen LogP) is 6.77. The van der Waals surface area contributed by atoms with Crippen molar-refractivity contribution in [2.75, 3.05) is 0 Å². The van der Waals surface area contributed by atoms with Crippen molar-refractivity contribution in [3.63, 3.8) is 0 Å². The molecule has 0 aliphatic heterocycles. The standard InChI is InChI=1S/C21H26ClF/c1-2-3-4-7-17-10-12-18(13-11-17)8-5-6-9-19-14-15-20(22)21(23)16-19/h5,8,14-18H,2-4,7,10-13H2,1H3. The van der Waals surface area contributed by atoms with Crippen LogP contribution in [0.2, 0.25) is 5.02 Å². The second-order valence-corrected chi connectivity index (χ2v) is 6.94. The number of hydrogen-bond donors (Lipinski definition) is 0. The van der Waals surface area contributed by atoms with Gasteiger partial charge in [-0.3, -0.25) is 0 Å². The van der Waals surface area contributed by atoms with Gasteiger partial charge >= 0.3 is 0 Å². The summed E-state index contributed by atoms with van der Waals surface area (Å²) in [6, 6.07) is 4.67. The summed E-state index contributed by atoms with van der Waals surface area (Å²) in [5.74, 6) is 7.16. The topological polar surface area (TPSA) is 0 Å². The Hall–Kier alpha value is -1.26. The summed E-state index contributed by atoms with van der Waals surface area (Å²) < 4.78 is 13.3. The molecule has 1 aromatic carbocycles. The van der Waals surface area contributed by atoms with Gasteiger partial charge < -0.3 is 0 Å². The molecule has 1 aliphatic carbocycles. The highest BCUT2D eigenvalue weighted by Crippen LogP contribution is 2.32. The van der Waals surface area contributed by atoms with E-state index in [9.17, 15) is 4.39 Å². The van der Waals surface area contributed by atoms with E-state index in [0.29, 0.717) is 11.5 Å². The highest BCUT2D eigenvalue weighted by molar-refractivity contribution is 6.30. The maximum atomic E-state index is 13.3. The Morgan fingerprint density at radius 2 is 2.00 bits per heavy atom. The molecule has 0 saturated heterocycles. The number of unbranched alkanes of at least 4 members (excludes halogenated alkanes) is 2. The molecule has 1 aliphatic rings. The maximum Gasteiger partial charge on any atom is 0.143 e. The monoisotopic (exact) mass is 332 g/mol. The van der Waals surface area contributed by atoms with Crippen LogP contribution in [0.1, 0.15) is 63.9 Å². The maximum absolute atomic E-state index is 13.3. The number of benzene rings is 1. The minimum Gasteiger partial charge on any atom is -0.205 e. The van der Waals surface area contributed by atoms with Crippen molar-refractivity contribution in [3.05, 3.63) is 46.8 Å². The first-order valence-corrected chi connectivity index (χ1v) is 9.20. The third-order valence-electron chi connectivity index (χ3n) is 4.70. The molecule has 0 bridgehead atoms. The molecular formula is C21H26ClF. The number of halogens is 2. The largest absolute Gasteiger partial charge is 0.205 e. The Labute approximate surface area is 145 Å². The lowest BCUT2D eigenvalue weighted by Crippen LogP contribution is -2.12. The summed E-state index contributed by atoms with van der Waals surface area (Å²) >= 11 is 5.66. The molecule has 0 N–H and O–H groups in total. The molecule has 0 radical (unpaired) electrons. The molecule has 2 rings (SSSR count). The van der Waals surface area contributed by atoms with Crippen molar-refractivity contribution in [2.45, 2.75) is 58.3 Å². The Morgan fingerprint density at radius 1 is 1.22 bits per heavy atom. The first-order valence-electron chi connectivity index (χ1n) is 8.82. The summed E-state index contributed by atoms with van der Waals surface area (Å²) in [6.45, 7) is 2.27. The first kappa shape index (κ1) is 18.1. The van der Waals surface area contributed by atoms with Crippen LogP contribution in [0, 0.1) is 29.5 Å². The average molecular weight is 333 g/mol. The molecule has 0 spiro atoms. The van der Waals surface area contributed by atoms with Gasteiger partial charge in [0.2, 0.25) is 0 Å². The first-order chi connectivity index (χ1) is 11.2. The molecule has 0 nitrogen and oxygen atoms in total. The molecular weight excluding hydrogens is 307 g/mol. The zero-order valence-electron chi connectivity index (χ0n) is 14.0. The van der Waals surface area contributed by atoms with Gasteiger partial charge in [-0.15, -0.1) is 0 Å². The fraction of sp³-hybridized carbons (Fsp3) is 0.524. The highest BCUT2D eigenvalue weighted by Gasteiger charge is 2.18. The Morgan fingerprint density at radius 3 is 2.70 bits per heavy atom. The molecule has 124 valence electrons. The van der Waals surface area contributed by atoms with Gasteiger partial charge in [0.1, 0.15) is 5.82 Å². The minimum absolute atomic E-state index is 0.141. The van der Waals surface area contributed by atoms with Crippen molar-refractivity contribution in [3.8, 4) is 11.8 Å². The number of allylic oxidation sites excluding steroid dienone is 2. The van der Waals surface area contributed by atoms with E-state index in [1.165, 1.54) is 57.4 Å². The third kappa shape index (κ3) is 6.40. The minimum atomic E-state index is -0.413. The Bertz CT molecular complexity index is 571. The van der Waals surface area contributed by atoms with E-state index < -0.39 is 5.82 Å². The lowest BCUT2D eigenvalue weighted by molar-refractivity contribution is 0.289. The molecule has 1 fully saturated rings. The fourth-order valence-corrected chi connectivity index (χ4v) is 3.35.